The van der Waals surface area contributed by atoms with Gasteiger partial charge < -0.3 is 19.8 Å². The van der Waals surface area contributed by atoms with Gasteiger partial charge in [0, 0.05) is 50.3 Å². The van der Waals surface area contributed by atoms with Gasteiger partial charge in [-0.3, -0.25) is 19.7 Å². The molecular weight excluding hydrogens is 507 g/mol. The molecule has 0 saturated carbocycles. The molecule has 2 aromatic rings. The van der Waals surface area contributed by atoms with Gasteiger partial charge in [0.1, 0.15) is 11.9 Å². The molecule has 0 radical (unpaired) electrons. The van der Waals surface area contributed by atoms with Crippen molar-refractivity contribution in [1.29, 1.82) is 0 Å². The Bertz CT molecular complexity index is 1260. The van der Waals surface area contributed by atoms with Crippen LogP contribution in [0.1, 0.15) is 28.8 Å². The number of piperazine rings is 1. The van der Waals surface area contributed by atoms with Crippen LogP contribution in [-0.2, 0) is 20.9 Å². The molecule has 0 aliphatic carbocycles. The van der Waals surface area contributed by atoms with Crippen LogP contribution in [0.2, 0.25) is 0 Å². The van der Waals surface area contributed by atoms with E-state index >= 15 is 0 Å². The Morgan fingerprint density at radius 1 is 1.08 bits per heavy atom. The van der Waals surface area contributed by atoms with Gasteiger partial charge in [0.25, 0.3) is 5.91 Å². The number of nitrogens with zero attached hydrogens (tertiary/aromatic N) is 4. The van der Waals surface area contributed by atoms with Gasteiger partial charge in [0.05, 0.1) is 5.69 Å². The molecule has 1 aromatic heterocycles. The maximum absolute atomic E-state index is 12.9. The van der Waals surface area contributed by atoms with Crippen molar-refractivity contribution in [3.8, 4) is 11.3 Å². The van der Waals surface area contributed by atoms with E-state index in [0.29, 0.717) is 18.5 Å². The molecule has 0 spiro atoms. The third-order valence-corrected chi connectivity index (χ3v) is 6.62. The number of rotatable bonds is 3. The normalized spacial score (nSPS) is 20.0. The largest absolute Gasteiger partial charge is 0.490 e. The number of anilines is 1. The Labute approximate surface area is 216 Å². The fourth-order valence-corrected chi connectivity index (χ4v) is 4.53. The van der Waals surface area contributed by atoms with Crippen LogP contribution in [-0.4, -0.2) is 89.0 Å². The van der Waals surface area contributed by atoms with E-state index in [9.17, 15) is 27.6 Å². The monoisotopic (exact) mass is 533 g/mol. The van der Waals surface area contributed by atoms with Crippen molar-refractivity contribution >= 4 is 29.5 Å². The average molecular weight is 534 g/mol. The van der Waals surface area contributed by atoms with Gasteiger partial charge in [-0.05, 0) is 43.3 Å². The maximum Gasteiger partial charge on any atom is 0.490 e. The average Bonchev–Trinajstić information content (AvgIpc) is 3.20. The van der Waals surface area contributed by atoms with Crippen molar-refractivity contribution < 1.29 is 37.5 Å². The molecule has 13 heteroatoms. The summed E-state index contributed by atoms with van der Waals surface area (Å²) in [5.41, 5.74) is 3.32. The molecule has 4 heterocycles. The molecule has 3 amide bonds. The minimum absolute atomic E-state index is 0.157. The van der Waals surface area contributed by atoms with Gasteiger partial charge in [-0.1, -0.05) is 12.1 Å². The van der Waals surface area contributed by atoms with Crippen LogP contribution in [0.25, 0.3) is 11.3 Å². The Morgan fingerprint density at radius 2 is 1.76 bits per heavy atom. The van der Waals surface area contributed by atoms with Gasteiger partial charge in [-0.15, -0.1) is 0 Å². The van der Waals surface area contributed by atoms with Crippen LogP contribution in [0.5, 0.6) is 0 Å². The fraction of sp³-hybridized carbons (Fsp3) is 0.400. The van der Waals surface area contributed by atoms with Crippen molar-refractivity contribution in [1.82, 2.24) is 20.1 Å². The number of carboxylic acids is 1. The van der Waals surface area contributed by atoms with Crippen LogP contribution in [0, 0.1) is 0 Å². The smallest absolute Gasteiger partial charge is 0.475 e. The standard InChI is InChI=1S/C23H25N5O3.C2HF3O2/c1-26-9-11-27(12-10-26)20-4-2-3-18(24-20)15-5-6-17-16(13-15)14-28(23(17)31)19-7-8-21(29)25-22(19)30;3-2(4,5)1(6)7/h2-6,13,19H,7-12,14H2,1H3,(H,25,29,30);(H,6,7). The molecule has 5 rings (SSSR count). The first-order valence-electron chi connectivity index (χ1n) is 11.9. The lowest BCUT2D eigenvalue weighted by Gasteiger charge is -2.33. The van der Waals surface area contributed by atoms with Crippen molar-refractivity contribution in [2.75, 3.05) is 38.1 Å². The lowest BCUT2D eigenvalue weighted by Crippen LogP contribution is -2.52. The van der Waals surface area contributed by atoms with Crippen molar-refractivity contribution in [2.45, 2.75) is 31.6 Å². The highest BCUT2D eigenvalue weighted by molar-refractivity contribution is 6.05. The summed E-state index contributed by atoms with van der Waals surface area (Å²) >= 11 is 0. The molecule has 1 atom stereocenters. The van der Waals surface area contributed by atoms with Crippen molar-refractivity contribution in [3.05, 3.63) is 47.5 Å². The number of hydrogen-bond donors (Lipinski definition) is 2. The molecule has 38 heavy (non-hydrogen) atoms. The summed E-state index contributed by atoms with van der Waals surface area (Å²) < 4.78 is 31.7. The molecule has 1 aromatic carbocycles. The molecule has 3 aliphatic heterocycles. The molecule has 3 aliphatic rings. The van der Waals surface area contributed by atoms with Crippen LogP contribution >= 0.6 is 0 Å². The number of imide groups is 1. The van der Waals surface area contributed by atoms with Gasteiger partial charge in [0.15, 0.2) is 0 Å². The number of amides is 3. The SMILES string of the molecule is CN1CCN(c2cccc(-c3ccc4c(c3)CN(C3CCC(=O)NC3=O)C4=O)n2)CC1.O=C(O)C(F)(F)F. The number of piperidine rings is 1. The number of nitrogens with one attached hydrogen (secondary N) is 1. The van der Waals surface area contributed by atoms with E-state index in [0.717, 1.165) is 48.8 Å². The molecular formula is C25H26F3N5O5. The number of halogens is 3. The quantitative estimate of drug-likeness (QED) is 0.574. The second-order valence-corrected chi connectivity index (χ2v) is 9.25. The predicted molar refractivity (Wildman–Crippen MR) is 129 cm³/mol. The summed E-state index contributed by atoms with van der Waals surface area (Å²) in [4.78, 5) is 56.5. The summed E-state index contributed by atoms with van der Waals surface area (Å²) in [5.74, 6) is -2.62. The Balaban J connectivity index is 0.000000426. The lowest BCUT2D eigenvalue weighted by molar-refractivity contribution is -0.192. The number of alkyl halides is 3. The van der Waals surface area contributed by atoms with Crippen LogP contribution in [0.4, 0.5) is 19.0 Å². The van der Waals surface area contributed by atoms with Gasteiger partial charge in [-0.25, -0.2) is 9.78 Å². The van der Waals surface area contributed by atoms with E-state index in [1.807, 2.05) is 36.4 Å². The van der Waals surface area contributed by atoms with E-state index in [-0.39, 0.29) is 24.1 Å². The molecule has 2 N–H and O–H groups in total. The number of carbonyl (C=O) groups is 4. The summed E-state index contributed by atoms with van der Waals surface area (Å²) in [6.45, 7) is 4.30. The zero-order chi connectivity index (χ0) is 27.6. The number of aliphatic carboxylic acids is 1. The first kappa shape index (κ1) is 27.0. The third kappa shape index (κ3) is 5.93. The van der Waals surface area contributed by atoms with E-state index < -0.39 is 18.2 Å². The number of benzene rings is 1. The molecule has 2 saturated heterocycles. The van der Waals surface area contributed by atoms with Gasteiger partial charge in [-0.2, -0.15) is 13.2 Å². The second kappa shape index (κ2) is 10.8. The molecule has 1 unspecified atom stereocenters. The van der Waals surface area contributed by atoms with Crippen LogP contribution in [0.3, 0.4) is 0 Å². The summed E-state index contributed by atoms with van der Waals surface area (Å²) in [6.07, 6.45) is -4.46. The molecule has 2 fully saturated rings. The van der Waals surface area contributed by atoms with E-state index in [4.69, 9.17) is 14.9 Å². The highest BCUT2D eigenvalue weighted by Gasteiger charge is 2.39. The predicted octanol–water partition coefficient (Wildman–Crippen LogP) is 1.89. The summed E-state index contributed by atoms with van der Waals surface area (Å²) in [6, 6.07) is 11.2. The Kier molecular flexibility index (Phi) is 7.67. The topological polar surface area (TPSA) is 123 Å². The lowest BCUT2D eigenvalue weighted by atomic mass is 10.0. The number of likely N-dealkylation sites (N-methyl/N-ethyl adjacent to an activating group) is 1. The molecule has 0 bridgehead atoms. The number of hydrogen-bond acceptors (Lipinski definition) is 7. The number of aromatic nitrogens is 1. The second-order valence-electron chi connectivity index (χ2n) is 9.25. The minimum atomic E-state index is -5.08. The van der Waals surface area contributed by atoms with Crippen LogP contribution < -0.4 is 10.2 Å². The first-order valence-corrected chi connectivity index (χ1v) is 11.9. The number of carbonyl (C=O) groups excluding carboxylic acids is 3. The zero-order valence-electron chi connectivity index (χ0n) is 20.5. The summed E-state index contributed by atoms with van der Waals surface area (Å²) in [7, 11) is 2.13. The van der Waals surface area contributed by atoms with Gasteiger partial charge in [0.2, 0.25) is 11.8 Å². The van der Waals surface area contributed by atoms with Crippen LogP contribution in [0.15, 0.2) is 36.4 Å². The molecule has 202 valence electrons. The zero-order valence-corrected chi connectivity index (χ0v) is 20.5. The highest BCUT2D eigenvalue weighted by atomic mass is 19.4. The number of pyridine rings is 1. The van der Waals surface area contributed by atoms with E-state index in [1.165, 1.54) is 0 Å². The Hall–Kier alpha value is -4.00. The summed E-state index contributed by atoms with van der Waals surface area (Å²) in [5, 5.41) is 9.47. The van der Waals surface area contributed by atoms with E-state index in [1.54, 1.807) is 4.90 Å². The maximum atomic E-state index is 12.9. The third-order valence-electron chi connectivity index (χ3n) is 6.62. The first-order chi connectivity index (χ1) is 17.9. The van der Waals surface area contributed by atoms with E-state index in [2.05, 4.69) is 22.2 Å². The Morgan fingerprint density at radius 3 is 2.39 bits per heavy atom. The highest BCUT2D eigenvalue weighted by Crippen LogP contribution is 2.31. The van der Waals surface area contributed by atoms with Crippen molar-refractivity contribution in [2.24, 2.45) is 0 Å². The van der Waals surface area contributed by atoms with Crippen molar-refractivity contribution in [3.63, 3.8) is 0 Å². The number of fused-ring (bicyclic) bond motifs is 1. The minimum Gasteiger partial charge on any atom is -0.475 e. The molecule has 10 nitrogen and oxygen atoms in total. The fourth-order valence-electron chi connectivity index (χ4n) is 4.53. The van der Waals surface area contributed by atoms with Gasteiger partial charge >= 0.3 is 12.1 Å². The number of carboxylic acid groups (broad SMARTS) is 1.